The minimum atomic E-state index is -0.374. The highest BCUT2D eigenvalue weighted by Crippen LogP contribution is 2.18. The van der Waals surface area contributed by atoms with Crippen LogP contribution in [0, 0.1) is 0 Å². The number of methoxy groups -OCH3 is 1. The molecule has 1 heterocycles. The number of hydrazine groups is 1. The maximum Gasteiger partial charge on any atom is 0.271 e. The van der Waals surface area contributed by atoms with E-state index < -0.39 is 0 Å². The van der Waals surface area contributed by atoms with Gasteiger partial charge in [-0.25, -0.2) is 0 Å². The minimum absolute atomic E-state index is 0.109. The molecule has 2 aromatic carbocycles. The number of aromatic nitrogens is 1. The van der Waals surface area contributed by atoms with Gasteiger partial charge in [0.2, 0.25) is 5.91 Å². The number of nitrogens with one attached hydrogen (secondary N) is 3. The number of ether oxygens (including phenoxy) is 1. The number of carbonyl (C=O) groups excluding carboxylic acids is 2. The van der Waals surface area contributed by atoms with Gasteiger partial charge in [-0.15, -0.1) is 0 Å². The zero-order valence-electron chi connectivity index (χ0n) is 13.1. The van der Waals surface area contributed by atoms with E-state index in [-0.39, 0.29) is 18.2 Å². The molecule has 3 aromatic rings. The van der Waals surface area contributed by atoms with Crippen molar-refractivity contribution in [3.8, 4) is 5.75 Å². The number of rotatable bonds is 4. The topological polar surface area (TPSA) is 83.2 Å². The molecular formula is C18H17N3O3. The lowest BCUT2D eigenvalue weighted by Gasteiger charge is -2.09. The van der Waals surface area contributed by atoms with Gasteiger partial charge in [0.05, 0.1) is 19.1 Å². The van der Waals surface area contributed by atoms with Crippen molar-refractivity contribution in [1.29, 1.82) is 0 Å². The third kappa shape index (κ3) is 3.22. The maximum absolute atomic E-state index is 12.2. The van der Waals surface area contributed by atoms with E-state index in [1.54, 1.807) is 25.4 Å². The number of benzene rings is 2. The Morgan fingerprint density at radius 3 is 2.62 bits per heavy atom. The van der Waals surface area contributed by atoms with E-state index in [2.05, 4.69) is 15.8 Å². The predicted octanol–water partition coefficient (Wildman–Crippen LogP) is 2.18. The van der Waals surface area contributed by atoms with Crippen LogP contribution in [0.15, 0.2) is 54.7 Å². The lowest BCUT2D eigenvalue weighted by atomic mass is 10.1. The molecular weight excluding hydrogens is 306 g/mol. The van der Waals surface area contributed by atoms with Crippen molar-refractivity contribution in [3.05, 3.63) is 65.9 Å². The first-order valence-corrected chi connectivity index (χ1v) is 7.46. The van der Waals surface area contributed by atoms with Gasteiger partial charge in [0.15, 0.2) is 0 Å². The first-order valence-electron chi connectivity index (χ1n) is 7.46. The summed E-state index contributed by atoms with van der Waals surface area (Å²) in [6.45, 7) is 0. The zero-order valence-corrected chi connectivity index (χ0v) is 13.1. The SMILES string of the molecule is COc1ccccc1CC(=O)NNC(=O)c1c[nH]c2ccccc12. The fourth-order valence-corrected chi connectivity index (χ4v) is 2.52. The largest absolute Gasteiger partial charge is 0.496 e. The van der Waals surface area contributed by atoms with Crippen LogP contribution in [0.3, 0.4) is 0 Å². The van der Waals surface area contributed by atoms with Crippen molar-refractivity contribution >= 4 is 22.7 Å². The van der Waals surface area contributed by atoms with Crippen LogP contribution >= 0.6 is 0 Å². The molecule has 3 rings (SSSR count). The van der Waals surface area contributed by atoms with Gasteiger partial charge in [0, 0.05) is 22.7 Å². The molecule has 0 radical (unpaired) electrons. The molecule has 3 N–H and O–H groups in total. The molecule has 0 saturated heterocycles. The average molecular weight is 323 g/mol. The smallest absolute Gasteiger partial charge is 0.271 e. The number of H-pyrrole nitrogens is 1. The molecule has 0 saturated carbocycles. The summed E-state index contributed by atoms with van der Waals surface area (Å²) in [5.74, 6) is -0.0656. The van der Waals surface area contributed by atoms with Crippen molar-refractivity contribution in [3.63, 3.8) is 0 Å². The van der Waals surface area contributed by atoms with Gasteiger partial charge in [0.25, 0.3) is 5.91 Å². The summed E-state index contributed by atoms with van der Waals surface area (Å²) in [5.41, 5.74) is 6.95. The normalized spacial score (nSPS) is 10.4. The third-order valence-electron chi connectivity index (χ3n) is 3.69. The van der Waals surface area contributed by atoms with Crippen LogP contribution < -0.4 is 15.6 Å². The van der Waals surface area contributed by atoms with Gasteiger partial charge in [0.1, 0.15) is 5.75 Å². The Hall–Kier alpha value is -3.28. The molecule has 0 bridgehead atoms. The van der Waals surface area contributed by atoms with Crippen LogP contribution in [0.5, 0.6) is 5.75 Å². The van der Waals surface area contributed by atoms with Crippen molar-refractivity contribution < 1.29 is 14.3 Å². The summed E-state index contributed by atoms with van der Waals surface area (Å²) in [5, 5.41) is 0.800. The van der Waals surface area contributed by atoms with Gasteiger partial charge >= 0.3 is 0 Å². The second-order valence-electron chi connectivity index (χ2n) is 5.24. The van der Waals surface area contributed by atoms with Crippen LogP contribution in [0.25, 0.3) is 10.9 Å². The van der Waals surface area contributed by atoms with Gasteiger partial charge in [-0.1, -0.05) is 36.4 Å². The van der Waals surface area contributed by atoms with Gasteiger partial charge in [-0.05, 0) is 12.1 Å². The van der Waals surface area contributed by atoms with Crippen LogP contribution in [0.2, 0.25) is 0 Å². The van der Waals surface area contributed by atoms with Crippen LogP contribution in [-0.4, -0.2) is 23.9 Å². The Labute approximate surface area is 138 Å². The first kappa shape index (κ1) is 15.6. The fourth-order valence-electron chi connectivity index (χ4n) is 2.52. The first-order chi connectivity index (χ1) is 11.7. The summed E-state index contributed by atoms with van der Waals surface area (Å²) in [6.07, 6.45) is 1.73. The summed E-state index contributed by atoms with van der Waals surface area (Å²) in [6, 6.07) is 14.7. The molecule has 0 aliphatic rings. The van der Waals surface area contributed by atoms with Crippen LogP contribution in [0.1, 0.15) is 15.9 Å². The Morgan fingerprint density at radius 2 is 1.79 bits per heavy atom. The van der Waals surface area contributed by atoms with Crippen molar-refractivity contribution in [1.82, 2.24) is 15.8 Å². The summed E-state index contributed by atoms with van der Waals surface area (Å²) < 4.78 is 5.21. The Kier molecular flexibility index (Phi) is 4.47. The second-order valence-corrected chi connectivity index (χ2v) is 5.24. The lowest BCUT2D eigenvalue weighted by Crippen LogP contribution is -2.42. The monoisotopic (exact) mass is 323 g/mol. The average Bonchev–Trinajstić information content (AvgIpc) is 3.04. The van der Waals surface area contributed by atoms with E-state index in [1.807, 2.05) is 36.4 Å². The Morgan fingerprint density at radius 1 is 1.04 bits per heavy atom. The molecule has 24 heavy (non-hydrogen) atoms. The van der Waals surface area contributed by atoms with E-state index >= 15 is 0 Å². The number of hydrogen-bond donors (Lipinski definition) is 3. The van der Waals surface area contributed by atoms with Gasteiger partial charge in [-0.3, -0.25) is 20.4 Å². The molecule has 6 heteroatoms. The minimum Gasteiger partial charge on any atom is -0.496 e. The fraction of sp³-hybridized carbons (Fsp3) is 0.111. The second kappa shape index (κ2) is 6.87. The summed E-state index contributed by atoms with van der Waals surface area (Å²) in [7, 11) is 1.55. The van der Waals surface area contributed by atoms with Crippen LogP contribution in [-0.2, 0) is 11.2 Å². The van der Waals surface area contributed by atoms with E-state index in [0.717, 1.165) is 16.5 Å². The number of carbonyl (C=O) groups is 2. The molecule has 0 unspecified atom stereocenters. The number of hydrogen-bond acceptors (Lipinski definition) is 3. The van der Waals surface area contributed by atoms with Crippen molar-refractivity contribution in [2.24, 2.45) is 0 Å². The highest BCUT2D eigenvalue weighted by Gasteiger charge is 2.13. The van der Waals surface area contributed by atoms with Gasteiger partial charge < -0.3 is 9.72 Å². The number of amides is 2. The van der Waals surface area contributed by atoms with Gasteiger partial charge in [-0.2, -0.15) is 0 Å². The molecule has 0 aliphatic heterocycles. The molecule has 0 atom stereocenters. The van der Waals surface area contributed by atoms with Crippen LogP contribution in [0.4, 0.5) is 0 Å². The molecule has 0 aliphatic carbocycles. The number of para-hydroxylation sites is 2. The summed E-state index contributed by atoms with van der Waals surface area (Å²) in [4.78, 5) is 27.3. The standard InChI is InChI=1S/C18H17N3O3/c1-24-16-9-5-2-6-12(16)10-17(22)20-21-18(23)14-11-19-15-8-4-3-7-13(14)15/h2-9,11,19H,10H2,1H3,(H,20,22)(H,21,23). The predicted molar refractivity (Wildman–Crippen MR) is 90.6 cm³/mol. The van der Waals surface area contributed by atoms with Crippen molar-refractivity contribution in [2.45, 2.75) is 6.42 Å². The van der Waals surface area contributed by atoms with E-state index in [4.69, 9.17) is 4.74 Å². The zero-order chi connectivity index (χ0) is 16.9. The molecule has 0 fully saturated rings. The highest BCUT2D eigenvalue weighted by molar-refractivity contribution is 6.07. The Balaban J connectivity index is 1.63. The van der Waals surface area contributed by atoms with Crippen molar-refractivity contribution in [2.75, 3.05) is 7.11 Å². The summed E-state index contributed by atoms with van der Waals surface area (Å²) >= 11 is 0. The van der Waals surface area contributed by atoms with E-state index in [0.29, 0.717) is 11.3 Å². The van der Waals surface area contributed by atoms with E-state index in [9.17, 15) is 9.59 Å². The molecule has 2 amide bonds. The van der Waals surface area contributed by atoms with E-state index in [1.165, 1.54) is 0 Å². The Bertz CT molecular complexity index is 886. The maximum atomic E-state index is 12.2. The quantitative estimate of drug-likeness (QED) is 0.644. The molecule has 122 valence electrons. The molecule has 0 spiro atoms. The molecule has 1 aromatic heterocycles. The third-order valence-corrected chi connectivity index (χ3v) is 3.69. The highest BCUT2D eigenvalue weighted by atomic mass is 16.5. The molecule has 6 nitrogen and oxygen atoms in total. The number of aromatic amines is 1. The number of fused-ring (bicyclic) bond motifs is 1. The lowest BCUT2D eigenvalue weighted by molar-refractivity contribution is -0.121.